The number of benzene rings is 1. The molecule has 0 saturated carbocycles. The van der Waals surface area contributed by atoms with Crippen molar-refractivity contribution >= 4 is 11.7 Å². The lowest BCUT2D eigenvalue weighted by molar-refractivity contribution is -0.0214. The Bertz CT molecular complexity index is 1310. The molecule has 0 radical (unpaired) electrons. The Morgan fingerprint density at radius 3 is 2.76 bits per heavy atom. The van der Waals surface area contributed by atoms with Gasteiger partial charge >= 0.3 is 6.09 Å². The minimum Gasteiger partial charge on any atom is -0.465 e. The third-order valence-corrected chi connectivity index (χ3v) is 5.79. The molecule has 1 saturated heterocycles. The summed E-state index contributed by atoms with van der Waals surface area (Å²) in [7, 11) is 0. The monoisotopic (exact) mass is 453 g/mol. The fourth-order valence-electron chi connectivity index (χ4n) is 4.19. The Morgan fingerprint density at radius 1 is 1.27 bits per heavy atom. The van der Waals surface area contributed by atoms with Gasteiger partial charge in [-0.05, 0) is 42.8 Å². The van der Waals surface area contributed by atoms with Crippen molar-refractivity contribution in [2.45, 2.75) is 19.4 Å². The number of morpholine rings is 1. The van der Waals surface area contributed by atoms with Crippen LogP contribution in [0.4, 0.5) is 13.6 Å². The van der Waals surface area contributed by atoms with Gasteiger partial charge in [0.25, 0.3) is 0 Å². The summed E-state index contributed by atoms with van der Waals surface area (Å²) < 4.78 is 38.1. The Morgan fingerprint density at radius 2 is 2.06 bits per heavy atom. The first-order chi connectivity index (χ1) is 15.9. The van der Waals surface area contributed by atoms with E-state index in [-0.39, 0.29) is 37.4 Å². The maximum atomic E-state index is 15.3. The van der Waals surface area contributed by atoms with Gasteiger partial charge in [0, 0.05) is 30.9 Å². The molecule has 1 aliphatic heterocycles. The average Bonchev–Trinajstić information content (AvgIpc) is 3.42. The lowest BCUT2D eigenvalue weighted by Crippen LogP contribution is -2.45. The second kappa shape index (κ2) is 8.28. The summed E-state index contributed by atoms with van der Waals surface area (Å²) in [6.45, 7) is 2.60. The van der Waals surface area contributed by atoms with E-state index < -0.39 is 23.8 Å². The molecule has 5 rings (SSSR count). The van der Waals surface area contributed by atoms with Gasteiger partial charge in [0.1, 0.15) is 17.3 Å². The molecule has 0 bridgehead atoms. The number of carboxylic acid groups (broad SMARTS) is 1. The highest BCUT2D eigenvalue weighted by Crippen LogP contribution is 2.33. The highest BCUT2D eigenvalue weighted by atomic mass is 19.1. The van der Waals surface area contributed by atoms with E-state index in [0.717, 1.165) is 5.56 Å². The van der Waals surface area contributed by atoms with E-state index in [9.17, 15) is 9.90 Å². The van der Waals surface area contributed by atoms with Gasteiger partial charge < -0.3 is 19.1 Å². The van der Waals surface area contributed by atoms with Gasteiger partial charge in [0.15, 0.2) is 0 Å². The van der Waals surface area contributed by atoms with Crippen molar-refractivity contribution in [2.24, 2.45) is 0 Å². The molecule has 1 atom stereocenters. The van der Waals surface area contributed by atoms with Gasteiger partial charge in [0.2, 0.25) is 0 Å². The van der Waals surface area contributed by atoms with Crippen molar-refractivity contribution in [1.29, 1.82) is 0 Å². The number of H-pyrrole nitrogens is 1. The van der Waals surface area contributed by atoms with Crippen LogP contribution >= 0.6 is 0 Å². The number of nitrogens with one attached hydrogen (secondary N) is 1. The van der Waals surface area contributed by atoms with Crippen LogP contribution in [0.25, 0.3) is 28.2 Å². The summed E-state index contributed by atoms with van der Waals surface area (Å²) in [4.78, 5) is 17.2. The number of fused-ring (bicyclic) bond motifs is 1. The number of imidazole rings is 1. The zero-order chi connectivity index (χ0) is 23.1. The summed E-state index contributed by atoms with van der Waals surface area (Å²) in [5.74, 6) is -1.52. The SMILES string of the molecule is Cc1ccn2c(CC3CN(C(=O)O)CCO3)c(-c3c(F)cc(-c4cc[nH]n4)cc3F)nc2c1. The fraction of sp³-hybridized carbons (Fsp3) is 0.261. The number of halogens is 2. The lowest BCUT2D eigenvalue weighted by Gasteiger charge is -2.31. The van der Waals surface area contributed by atoms with Gasteiger partial charge in [-0.15, -0.1) is 0 Å². The van der Waals surface area contributed by atoms with Gasteiger partial charge in [-0.2, -0.15) is 5.10 Å². The molecule has 0 aliphatic carbocycles. The Hall–Kier alpha value is -3.79. The van der Waals surface area contributed by atoms with E-state index in [2.05, 4.69) is 15.2 Å². The van der Waals surface area contributed by atoms with Crippen LogP contribution in [0.2, 0.25) is 0 Å². The van der Waals surface area contributed by atoms with E-state index in [1.807, 2.05) is 19.1 Å². The zero-order valence-electron chi connectivity index (χ0n) is 17.8. The van der Waals surface area contributed by atoms with E-state index in [4.69, 9.17) is 4.74 Å². The van der Waals surface area contributed by atoms with Crippen LogP contribution in [0.3, 0.4) is 0 Å². The molecule has 1 unspecified atom stereocenters. The first kappa shape index (κ1) is 21.1. The summed E-state index contributed by atoms with van der Waals surface area (Å²) in [6, 6.07) is 7.79. The summed E-state index contributed by atoms with van der Waals surface area (Å²) in [5, 5.41) is 16.0. The largest absolute Gasteiger partial charge is 0.465 e. The van der Waals surface area contributed by atoms with E-state index >= 15 is 8.78 Å². The maximum Gasteiger partial charge on any atom is 0.407 e. The molecular weight excluding hydrogens is 432 g/mol. The Kier molecular flexibility index (Phi) is 5.29. The van der Waals surface area contributed by atoms with Gasteiger partial charge in [-0.3, -0.25) is 5.10 Å². The number of hydrogen-bond donors (Lipinski definition) is 2. The molecule has 10 heteroatoms. The number of carbonyl (C=O) groups is 1. The molecule has 170 valence electrons. The first-order valence-corrected chi connectivity index (χ1v) is 10.5. The van der Waals surface area contributed by atoms with Crippen LogP contribution in [-0.2, 0) is 11.2 Å². The Balaban J connectivity index is 1.61. The number of aromatic amines is 1. The highest BCUT2D eigenvalue weighted by Gasteiger charge is 2.28. The van der Waals surface area contributed by atoms with Crippen molar-refractivity contribution in [1.82, 2.24) is 24.5 Å². The van der Waals surface area contributed by atoms with Crippen LogP contribution in [0.15, 0.2) is 42.7 Å². The number of pyridine rings is 1. The van der Waals surface area contributed by atoms with E-state index in [1.165, 1.54) is 17.0 Å². The molecule has 3 aromatic heterocycles. The molecule has 1 aromatic carbocycles. The number of aromatic nitrogens is 4. The van der Waals surface area contributed by atoms with Crippen LogP contribution in [0.5, 0.6) is 0 Å². The number of rotatable bonds is 4. The molecule has 2 N–H and O–H groups in total. The molecule has 4 aromatic rings. The fourth-order valence-corrected chi connectivity index (χ4v) is 4.19. The van der Waals surface area contributed by atoms with Crippen molar-refractivity contribution in [3.05, 3.63) is 65.6 Å². The van der Waals surface area contributed by atoms with Crippen LogP contribution in [-0.4, -0.2) is 61.5 Å². The molecule has 1 amide bonds. The third kappa shape index (κ3) is 3.93. The highest BCUT2D eigenvalue weighted by molar-refractivity contribution is 5.72. The minimum absolute atomic E-state index is 0.164. The van der Waals surface area contributed by atoms with Crippen LogP contribution in [0, 0.1) is 18.6 Å². The molecular formula is C23H21F2N5O3. The Labute approximate surface area is 187 Å². The molecule has 1 fully saturated rings. The minimum atomic E-state index is -1.02. The lowest BCUT2D eigenvalue weighted by atomic mass is 10.0. The number of hydrogen-bond acceptors (Lipinski definition) is 4. The molecule has 4 heterocycles. The topological polar surface area (TPSA) is 95.8 Å². The first-order valence-electron chi connectivity index (χ1n) is 10.5. The number of nitrogens with zero attached hydrogens (tertiary/aromatic N) is 4. The number of aryl methyl sites for hydroxylation is 1. The maximum absolute atomic E-state index is 15.3. The van der Waals surface area contributed by atoms with Gasteiger partial charge in [0.05, 0.1) is 41.9 Å². The van der Waals surface area contributed by atoms with Crippen molar-refractivity contribution in [3.8, 4) is 22.5 Å². The second-order valence-electron chi connectivity index (χ2n) is 8.04. The molecule has 1 aliphatic rings. The third-order valence-electron chi connectivity index (χ3n) is 5.79. The summed E-state index contributed by atoms with van der Waals surface area (Å²) >= 11 is 0. The standard InChI is InChI=1S/C23H21F2N5O3/c1-13-3-5-30-19(11-15-12-29(23(31)32)6-7-33-15)22(27-20(30)8-13)21-16(24)9-14(10-17(21)25)18-2-4-26-28-18/h2-5,8-10,15H,6-7,11-12H2,1H3,(H,26,28)(H,31,32). The smallest absolute Gasteiger partial charge is 0.407 e. The number of amides is 1. The predicted molar refractivity (Wildman–Crippen MR) is 116 cm³/mol. The average molecular weight is 453 g/mol. The summed E-state index contributed by atoms with van der Waals surface area (Å²) in [5.41, 5.74) is 2.70. The zero-order valence-corrected chi connectivity index (χ0v) is 17.8. The van der Waals surface area contributed by atoms with Crippen LogP contribution in [0.1, 0.15) is 11.3 Å². The normalized spacial score (nSPS) is 16.5. The predicted octanol–water partition coefficient (Wildman–Crippen LogP) is 3.90. The van der Waals surface area contributed by atoms with Crippen LogP contribution < -0.4 is 0 Å². The van der Waals surface area contributed by atoms with E-state index in [0.29, 0.717) is 22.6 Å². The summed E-state index contributed by atoms with van der Waals surface area (Å²) in [6.07, 6.45) is 2.12. The molecule has 0 spiro atoms. The molecule has 8 nitrogen and oxygen atoms in total. The van der Waals surface area contributed by atoms with E-state index in [1.54, 1.807) is 22.9 Å². The van der Waals surface area contributed by atoms with Crippen molar-refractivity contribution in [2.75, 3.05) is 19.7 Å². The van der Waals surface area contributed by atoms with Gasteiger partial charge in [-0.1, -0.05) is 0 Å². The second-order valence-corrected chi connectivity index (χ2v) is 8.04. The van der Waals surface area contributed by atoms with Gasteiger partial charge in [-0.25, -0.2) is 18.6 Å². The van der Waals surface area contributed by atoms with Crippen molar-refractivity contribution < 1.29 is 23.4 Å². The number of ether oxygens (including phenoxy) is 1. The molecule has 33 heavy (non-hydrogen) atoms. The quantitative estimate of drug-likeness (QED) is 0.489. The van der Waals surface area contributed by atoms with Crippen molar-refractivity contribution in [3.63, 3.8) is 0 Å².